The molecule has 0 fully saturated rings. The van der Waals surface area contributed by atoms with E-state index in [2.05, 4.69) is 0 Å². The Bertz CT molecular complexity index is 1010. The van der Waals surface area contributed by atoms with Crippen molar-refractivity contribution in [3.8, 4) is 0 Å². The minimum absolute atomic E-state index is 0.299. The van der Waals surface area contributed by atoms with E-state index in [0.29, 0.717) is 17.1 Å². The fourth-order valence-corrected chi connectivity index (χ4v) is 4.43. The van der Waals surface area contributed by atoms with Crippen LogP contribution >= 0.6 is 0 Å². The summed E-state index contributed by atoms with van der Waals surface area (Å²) in [7, 11) is -3.68. The summed E-state index contributed by atoms with van der Waals surface area (Å²) in [4.78, 5) is 0.305. The predicted octanol–water partition coefficient (Wildman–Crippen LogP) is 5.01. The zero-order valence-electron chi connectivity index (χ0n) is 15.3. The molecule has 0 aromatic heterocycles. The van der Waals surface area contributed by atoms with Gasteiger partial charge in [-0.3, -0.25) is 4.31 Å². The average molecular weight is 365 g/mol. The maximum absolute atomic E-state index is 13.4. The minimum atomic E-state index is -3.68. The van der Waals surface area contributed by atoms with Crippen molar-refractivity contribution >= 4 is 15.7 Å². The molecule has 0 bridgehead atoms. The molecule has 4 heteroatoms. The summed E-state index contributed by atoms with van der Waals surface area (Å²) < 4.78 is 28.4. The largest absolute Gasteiger partial charge is 0.264 e. The number of anilines is 1. The van der Waals surface area contributed by atoms with Gasteiger partial charge >= 0.3 is 0 Å². The molecule has 0 saturated carbocycles. The maximum Gasteiger partial charge on any atom is 0.264 e. The second-order valence-electron chi connectivity index (χ2n) is 6.54. The monoisotopic (exact) mass is 365 g/mol. The third kappa shape index (κ3) is 3.65. The van der Waals surface area contributed by atoms with Gasteiger partial charge in [0.25, 0.3) is 10.0 Å². The zero-order chi connectivity index (χ0) is 18.7. The SMILES string of the molecule is Cc1ccc(S(=O)(=O)N(Cc2ccccc2C)c2ccccc2C)cc1. The number of hydrogen-bond acceptors (Lipinski definition) is 2. The molecule has 3 aromatic rings. The summed E-state index contributed by atoms with van der Waals surface area (Å²) in [6.07, 6.45) is 0. The van der Waals surface area contributed by atoms with Gasteiger partial charge in [-0.25, -0.2) is 8.42 Å². The molecular formula is C22H23NO2S. The van der Waals surface area contributed by atoms with Crippen molar-refractivity contribution in [2.75, 3.05) is 4.31 Å². The minimum Gasteiger partial charge on any atom is -0.262 e. The quantitative estimate of drug-likeness (QED) is 0.637. The van der Waals surface area contributed by atoms with Gasteiger partial charge in [-0.2, -0.15) is 0 Å². The van der Waals surface area contributed by atoms with Crippen LogP contribution < -0.4 is 4.31 Å². The lowest BCUT2D eigenvalue weighted by atomic mass is 10.1. The van der Waals surface area contributed by atoms with E-state index in [1.807, 2.05) is 81.4 Å². The van der Waals surface area contributed by atoms with Crippen LogP contribution in [0.5, 0.6) is 0 Å². The Labute approximate surface area is 156 Å². The van der Waals surface area contributed by atoms with E-state index < -0.39 is 10.0 Å². The lowest BCUT2D eigenvalue weighted by Gasteiger charge is -2.27. The molecule has 0 heterocycles. The first-order valence-electron chi connectivity index (χ1n) is 8.59. The lowest BCUT2D eigenvalue weighted by molar-refractivity contribution is 0.590. The van der Waals surface area contributed by atoms with Crippen LogP contribution in [-0.4, -0.2) is 8.42 Å². The molecule has 0 radical (unpaired) electrons. The van der Waals surface area contributed by atoms with Crippen molar-refractivity contribution in [3.05, 3.63) is 95.1 Å². The highest BCUT2D eigenvalue weighted by molar-refractivity contribution is 7.92. The average Bonchev–Trinajstić information content (AvgIpc) is 2.62. The Morgan fingerprint density at radius 1 is 0.731 bits per heavy atom. The Hall–Kier alpha value is -2.59. The molecule has 3 nitrogen and oxygen atoms in total. The number of benzene rings is 3. The summed E-state index contributed by atoms with van der Waals surface area (Å²) in [6, 6.07) is 22.5. The Morgan fingerprint density at radius 2 is 1.31 bits per heavy atom. The smallest absolute Gasteiger partial charge is 0.262 e. The van der Waals surface area contributed by atoms with E-state index >= 15 is 0 Å². The van der Waals surface area contributed by atoms with Crippen LogP contribution in [0.2, 0.25) is 0 Å². The molecule has 0 N–H and O–H groups in total. The van der Waals surface area contributed by atoms with Gasteiger partial charge in [-0.05, 0) is 55.7 Å². The summed E-state index contributed by atoms with van der Waals surface area (Å²) in [6.45, 7) is 6.19. The van der Waals surface area contributed by atoms with Gasteiger partial charge in [0.2, 0.25) is 0 Å². The third-order valence-corrected chi connectivity index (χ3v) is 6.34. The molecule has 3 rings (SSSR count). The van der Waals surface area contributed by atoms with E-state index in [9.17, 15) is 8.42 Å². The number of para-hydroxylation sites is 1. The second-order valence-corrected chi connectivity index (χ2v) is 8.40. The van der Waals surface area contributed by atoms with Gasteiger partial charge in [-0.15, -0.1) is 0 Å². The second kappa shape index (κ2) is 7.34. The highest BCUT2D eigenvalue weighted by atomic mass is 32.2. The maximum atomic E-state index is 13.4. The number of sulfonamides is 1. The van der Waals surface area contributed by atoms with Gasteiger partial charge in [-0.1, -0.05) is 60.2 Å². The number of hydrogen-bond donors (Lipinski definition) is 0. The first kappa shape index (κ1) is 18.2. The standard InChI is InChI=1S/C22H23NO2S/c1-17-12-14-21(15-13-17)26(24,25)23(22-11-7-5-9-19(22)3)16-20-10-6-4-8-18(20)2/h4-15H,16H2,1-3H3. The van der Waals surface area contributed by atoms with Crippen LogP contribution in [0.3, 0.4) is 0 Å². The lowest BCUT2D eigenvalue weighted by Crippen LogP contribution is -2.31. The zero-order valence-corrected chi connectivity index (χ0v) is 16.1. The van der Waals surface area contributed by atoms with E-state index in [0.717, 1.165) is 22.3 Å². The van der Waals surface area contributed by atoms with Crippen LogP contribution in [0.15, 0.2) is 77.7 Å². The van der Waals surface area contributed by atoms with E-state index in [1.165, 1.54) is 4.31 Å². The Kier molecular flexibility index (Phi) is 5.14. The fraction of sp³-hybridized carbons (Fsp3) is 0.182. The molecule has 26 heavy (non-hydrogen) atoms. The van der Waals surface area contributed by atoms with Crippen LogP contribution in [0.1, 0.15) is 22.3 Å². The highest BCUT2D eigenvalue weighted by Crippen LogP contribution is 2.29. The molecule has 3 aromatic carbocycles. The first-order chi connectivity index (χ1) is 12.4. The summed E-state index contributed by atoms with van der Waals surface area (Å²) >= 11 is 0. The molecular weight excluding hydrogens is 342 g/mol. The topological polar surface area (TPSA) is 37.4 Å². The third-order valence-electron chi connectivity index (χ3n) is 4.57. The van der Waals surface area contributed by atoms with Gasteiger partial charge in [0.05, 0.1) is 17.1 Å². The van der Waals surface area contributed by atoms with Gasteiger partial charge in [0.1, 0.15) is 0 Å². The van der Waals surface area contributed by atoms with E-state index in [-0.39, 0.29) is 0 Å². The van der Waals surface area contributed by atoms with Crippen molar-refractivity contribution in [3.63, 3.8) is 0 Å². The van der Waals surface area contributed by atoms with Gasteiger partial charge in [0.15, 0.2) is 0 Å². The molecule has 0 aliphatic carbocycles. The van der Waals surface area contributed by atoms with Gasteiger partial charge < -0.3 is 0 Å². The molecule has 0 atom stereocenters. The normalized spacial score (nSPS) is 11.3. The Morgan fingerprint density at radius 3 is 1.92 bits per heavy atom. The summed E-state index contributed by atoms with van der Waals surface area (Å²) in [5.74, 6) is 0. The van der Waals surface area contributed by atoms with Crippen molar-refractivity contribution < 1.29 is 8.42 Å². The van der Waals surface area contributed by atoms with Crippen molar-refractivity contribution in [1.29, 1.82) is 0 Å². The summed E-state index contributed by atoms with van der Waals surface area (Å²) in [5, 5.41) is 0. The van der Waals surface area contributed by atoms with E-state index in [4.69, 9.17) is 0 Å². The van der Waals surface area contributed by atoms with Crippen LogP contribution in [0.25, 0.3) is 0 Å². The van der Waals surface area contributed by atoms with E-state index in [1.54, 1.807) is 12.1 Å². The summed E-state index contributed by atoms with van der Waals surface area (Å²) in [5.41, 5.74) is 4.73. The molecule has 0 spiro atoms. The van der Waals surface area contributed by atoms with Crippen LogP contribution in [0.4, 0.5) is 5.69 Å². The predicted molar refractivity (Wildman–Crippen MR) is 107 cm³/mol. The highest BCUT2D eigenvalue weighted by Gasteiger charge is 2.26. The fourth-order valence-electron chi connectivity index (χ4n) is 2.92. The molecule has 0 aliphatic rings. The number of aryl methyl sites for hydroxylation is 3. The van der Waals surface area contributed by atoms with Crippen molar-refractivity contribution in [2.24, 2.45) is 0 Å². The van der Waals surface area contributed by atoms with Crippen molar-refractivity contribution in [2.45, 2.75) is 32.2 Å². The molecule has 0 aliphatic heterocycles. The first-order valence-corrected chi connectivity index (χ1v) is 10.0. The molecule has 0 unspecified atom stereocenters. The molecule has 0 saturated heterocycles. The van der Waals surface area contributed by atoms with Crippen LogP contribution in [0, 0.1) is 20.8 Å². The number of nitrogens with zero attached hydrogens (tertiary/aromatic N) is 1. The van der Waals surface area contributed by atoms with Crippen molar-refractivity contribution in [1.82, 2.24) is 0 Å². The molecule has 0 amide bonds. The van der Waals surface area contributed by atoms with Crippen LogP contribution in [-0.2, 0) is 16.6 Å². The molecule has 134 valence electrons. The Balaban J connectivity index is 2.13. The van der Waals surface area contributed by atoms with Gasteiger partial charge in [0, 0.05) is 0 Å². The number of rotatable bonds is 5.